The Balaban J connectivity index is 1.74. The van der Waals surface area contributed by atoms with Crippen molar-refractivity contribution in [2.45, 2.75) is 26.8 Å². The van der Waals surface area contributed by atoms with Crippen molar-refractivity contribution in [1.29, 1.82) is 0 Å². The fraction of sp³-hybridized carbons (Fsp3) is 0.200. The molecule has 4 aromatic rings. The summed E-state index contributed by atoms with van der Waals surface area (Å²) >= 11 is 6.09. The second-order valence-corrected chi connectivity index (χ2v) is 7.49. The van der Waals surface area contributed by atoms with Gasteiger partial charge in [-0.25, -0.2) is 0 Å². The summed E-state index contributed by atoms with van der Waals surface area (Å²) in [4.78, 5) is 15.1. The molecule has 7 nitrogen and oxygen atoms in total. The van der Waals surface area contributed by atoms with E-state index >= 15 is 0 Å². The first-order valence-corrected chi connectivity index (χ1v) is 9.29. The molecule has 4 heterocycles. The maximum atomic E-state index is 13.3. The third-order valence-corrected chi connectivity index (χ3v) is 5.52. The molecule has 8 heteroatoms. The Morgan fingerprint density at radius 2 is 1.86 bits per heavy atom. The smallest absolute Gasteiger partial charge is 0.277 e. The number of carbonyl (C=O) groups is 1. The molecular formula is C20H17ClN6O. The number of pyridine rings is 1. The van der Waals surface area contributed by atoms with Crippen LogP contribution in [0.1, 0.15) is 44.7 Å². The number of anilines is 1. The van der Waals surface area contributed by atoms with Gasteiger partial charge in [0.25, 0.3) is 5.91 Å². The topological polar surface area (TPSA) is 79.2 Å². The summed E-state index contributed by atoms with van der Waals surface area (Å²) in [5.41, 5.74) is 5.71. The maximum Gasteiger partial charge on any atom is 0.277 e. The van der Waals surface area contributed by atoms with Gasteiger partial charge in [0.2, 0.25) is 0 Å². The molecule has 1 amide bonds. The molecule has 1 atom stereocenters. The highest BCUT2D eigenvalue weighted by Crippen LogP contribution is 2.42. The molecular weight excluding hydrogens is 376 g/mol. The minimum Gasteiger partial charge on any atom is -0.294 e. The first-order chi connectivity index (χ1) is 13.5. The van der Waals surface area contributed by atoms with Gasteiger partial charge in [-0.2, -0.15) is 5.10 Å². The van der Waals surface area contributed by atoms with E-state index in [1.807, 2.05) is 61.7 Å². The first-order valence-electron chi connectivity index (χ1n) is 8.91. The van der Waals surface area contributed by atoms with E-state index in [1.54, 1.807) is 4.90 Å². The number of carbonyl (C=O) groups excluding carboxylic acids is 1. The first kappa shape index (κ1) is 16.9. The minimum absolute atomic E-state index is 0.111. The highest BCUT2D eigenvalue weighted by Gasteiger charge is 2.42. The van der Waals surface area contributed by atoms with E-state index in [-0.39, 0.29) is 11.9 Å². The standard InChI is InChI=1S/C20H17ClN6O/c1-10-8-15(9-26-12(3)23-25-19(10)26)27-18(13-4-6-14(21)7-5-13)16-11(2)22-24-17(16)20(27)28/h4-9,18H,1-3H3,(H,22,24)/t18-/m1/s1. The second kappa shape index (κ2) is 5.90. The monoisotopic (exact) mass is 392 g/mol. The molecule has 0 radical (unpaired) electrons. The summed E-state index contributed by atoms with van der Waals surface area (Å²) in [6.45, 7) is 5.77. The molecule has 0 bridgehead atoms. The summed E-state index contributed by atoms with van der Waals surface area (Å²) in [5, 5.41) is 16.2. The number of halogens is 1. The van der Waals surface area contributed by atoms with E-state index in [9.17, 15) is 4.79 Å². The van der Waals surface area contributed by atoms with Crippen LogP contribution in [0.15, 0.2) is 36.5 Å². The lowest BCUT2D eigenvalue weighted by Crippen LogP contribution is -2.29. The van der Waals surface area contributed by atoms with Crippen molar-refractivity contribution in [3.05, 3.63) is 75.5 Å². The van der Waals surface area contributed by atoms with Crippen molar-refractivity contribution in [3.8, 4) is 0 Å². The van der Waals surface area contributed by atoms with Crippen LogP contribution in [-0.2, 0) is 0 Å². The van der Waals surface area contributed by atoms with Crippen LogP contribution in [0.5, 0.6) is 0 Å². The van der Waals surface area contributed by atoms with Gasteiger partial charge < -0.3 is 0 Å². The summed E-state index contributed by atoms with van der Waals surface area (Å²) in [6.07, 6.45) is 1.91. The van der Waals surface area contributed by atoms with Gasteiger partial charge in [-0.3, -0.25) is 19.2 Å². The molecule has 0 saturated heterocycles. The van der Waals surface area contributed by atoms with Gasteiger partial charge >= 0.3 is 0 Å². The largest absolute Gasteiger partial charge is 0.294 e. The Bertz CT molecular complexity index is 1240. The van der Waals surface area contributed by atoms with Crippen LogP contribution >= 0.6 is 11.6 Å². The third kappa shape index (κ3) is 2.29. The number of H-pyrrole nitrogens is 1. The number of aromatic nitrogens is 5. The zero-order chi connectivity index (χ0) is 19.6. The quantitative estimate of drug-likeness (QED) is 0.563. The van der Waals surface area contributed by atoms with Crippen molar-refractivity contribution < 1.29 is 4.79 Å². The fourth-order valence-corrected chi connectivity index (χ4v) is 4.04. The number of nitrogens with one attached hydrogen (secondary N) is 1. The van der Waals surface area contributed by atoms with Crippen LogP contribution in [0.2, 0.25) is 5.02 Å². The van der Waals surface area contributed by atoms with Gasteiger partial charge in [-0.15, -0.1) is 10.2 Å². The molecule has 0 aliphatic carbocycles. The lowest BCUT2D eigenvalue weighted by atomic mass is 9.99. The van der Waals surface area contributed by atoms with Crippen LogP contribution in [0.4, 0.5) is 5.69 Å². The summed E-state index contributed by atoms with van der Waals surface area (Å²) < 4.78 is 1.91. The molecule has 0 saturated carbocycles. The number of hydrogen-bond acceptors (Lipinski definition) is 4. The molecule has 1 N–H and O–H groups in total. The van der Waals surface area contributed by atoms with Gasteiger partial charge in [0.05, 0.1) is 17.4 Å². The van der Waals surface area contributed by atoms with E-state index in [2.05, 4.69) is 20.4 Å². The Hall–Kier alpha value is -3.19. The number of aryl methyl sites for hydroxylation is 3. The van der Waals surface area contributed by atoms with Crippen LogP contribution in [-0.4, -0.2) is 30.7 Å². The van der Waals surface area contributed by atoms with Crippen LogP contribution < -0.4 is 4.90 Å². The van der Waals surface area contributed by atoms with E-state index < -0.39 is 0 Å². The van der Waals surface area contributed by atoms with Crippen molar-refractivity contribution in [2.75, 3.05) is 4.90 Å². The Kier molecular flexibility index (Phi) is 3.57. The Morgan fingerprint density at radius 3 is 2.61 bits per heavy atom. The van der Waals surface area contributed by atoms with Crippen molar-refractivity contribution in [1.82, 2.24) is 24.8 Å². The van der Waals surface area contributed by atoms with E-state index in [1.165, 1.54) is 0 Å². The van der Waals surface area contributed by atoms with Gasteiger partial charge in [0.1, 0.15) is 11.5 Å². The maximum absolute atomic E-state index is 13.3. The number of benzene rings is 1. The molecule has 3 aromatic heterocycles. The number of fused-ring (bicyclic) bond motifs is 2. The molecule has 0 unspecified atom stereocenters. The zero-order valence-corrected chi connectivity index (χ0v) is 16.3. The average molecular weight is 393 g/mol. The summed E-state index contributed by atoms with van der Waals surface area (Å²) in [5.74, 6) is 0.658. The number of aromatic amines is 1. The molecule has 140 valence electrons. The van der Waals surface area contributed by atoms with E-state index in [0.717, 1.165) is 39.5 Å². The molecule has 28 heavy (non-hydrogen) atoms. The lowest BCUT2D eigenvalue weighted by Gasteiger charge is -2.26. The van der Waals surface area contributed by atoms with Crippen molar-refractivity contribution >= 4 is 28.8 Å². The SMILES string of the molecule is Cc1n[nH]c2c1[C@@H](c1ccc(Cl)cc1)N(c1cc(C)c3nnc(C)n3c1)C2=O. The normalized spacial score (nSPS) is 16.2. The van der Waals surface area contributed by atoms with Crippen molar-refractivity contribution in [2.24, 2.45) is 0 Å². The molecule has 1 aliphatic heterocycles. The van der Waals surface area contributed by atoms with Crippen LogP contribution in [0, 0.1) is 20.8 Å². The highest BCUT2D eigenvalue weighted by molar-refractivity contribution is 6.30. The van der Waals surface area contributed by atoms with Crippen LogP contribution in [0.3, 0.4) is 0 Å². The molecule has 0 spiro atoms. The number of amides is 1. The molecule has 5 rings (SSSR count). The second-order valence-electron chi connectivity index (χ2n) is 7.05. The van der Waals surface area contributed by atoms with Gasteiger partial charge in [0, 0.05) is 16.8 Å². The van der Waals surface area contributed by atoms with Crippen molar-refractivity contribution in [3.63, 3.8) is 0 Å². The predicted molar refractivity (Wildman–Crippen MR) is 106 cm³/mol. The zero-order valence-electron chi connectivity index (χ0n) is 15.6. The molecule has 1 aromatic carbocycles. The number of hydrogen-bond donors (Lipinski definition) is 1. The third-order valence-electron chi connectivity index (χ3n) is 5.27. The predicted octanol–water partition coefficient (Wildman–Crippen LogP) is 3.78. The highest BCUT2D eigenvalue weighted by atomic mass is 35.5. The lowest BCUT2D eigenvalue weighted by molar-refractivity contribution is 0.0988. The fourth-order valence-electron chi connectivity index (χ4n) is 3.91. The van der Waals surface area contributed by atoms with Crippen LogP contribution in [0.25, 0.3) is 5.65 Å². The molecule has 1 aliphatic rings. The van der Waals surface area contributed by atoms with Gasteiger partial charge in [-0.05, 0) is 50.1 Å². The summed E-state index contributed by atoms with van der Waals surface area (Å²) in [7, 11) is 0. The Labute approximate surface area is 166 Å². The van der Waals surface area contributed by atoms with Gasteiger partial charge in [0.15, 0.2) is 5.65 Å². The van der Waals surface area contributed by atoms with E-state index in [0.29, 0.717) is 10.7 Å². The minimum atomic E-state index is -0.285. The molecule has 0 fully saturated rings. The number of nitrogens with zero attached hydrogens (tertiary/aromatic N) is 5. The van der Waals surface area contributed by atoms with E-state index in [4.69, 9.17) is 11.6 Å². The average Bonchev–Trinajstić information content (AvgIpc) is 3.32. The van der Waals surface area contributed by atoms with Gasteiger partial charge in [-0.1, -0.05) is 23.7 Å². The summed E-state index contributed by atoms with van der Waals surface area (Å²) in [6, 6.07) is 9.26. The number of rotatable bonds is 2. The Morgan fingerprint density at radius 1 is 1.11 bits per heavy atom.